The van der Waals surface area contributed by atoms with Gasteiger partial charge in [-0.3, -0.25) is 19.6 Å². The van der Waals surface area contributed by atoms with Crippen molar-refractivity contribution in [3.8, 4) is 0 Å². The molecular weight excluding hydrogens is 473 g/mol. The number of nitrogens with one attached hydrogen (secondary N) is 3. The van der Waals surface area contributed by atoms with Crippen molar-refractivity contribution in [3.05, 3.63) is 83.4 Å². The monoisotopic (exact) mass is 491 g/mol. The molecule has 0 unspecified atom stereocenters. The number of anilines is 2. The second kappa shape index (κ2) is 9.28. The summed E-state index contributed by atoms with van der Waals surface area (Å²) in [6, 6.07) is 6.42. The number of alkyl halides is 3. The first-order valence-electron chi connectivity index (χ1n) is 10.4. The number of halogens is 5. The lowest BCUT2D eigenvalue weighted by Gasteiger charge is -2.18. The Bertz CT molecular complexity index is 1260. The van der Waals surface area contributed by atoms with E-state index >= 15 is 0 Å². The van der Waals surface area contributed by atoms with Crippen LogP contribution in [0.1, 0.15) is 34.5 Å². The van der Waals surface area contributed by atoms with Gasteiger partial charge in [0, 0.05) is 18.5 Å². The molecule has 2 amide bonds. The zero-order chi connectivity index (χ0) is 25.2. The summed E-state index contributed by atoms with van der Waals surface area (Å²) < 4.78 is 68.0. The predicted molar refractivity (Wildman–Crippen MR) is 114 cm³/mol. The van der Waals surface area contributed by atoms with Crippen LogP contribution in [0, 0.1) is 11.6 Å². The molecule has 7 nitrogen and oxygen atoms in total. The molecular formula is C23H18F5N5O2. The molecule has 4 rings (SSSR count). The first kappa shape index (κ1) is 24.0. The zero-order valence-corrected chi connectivity index (χ0v) is 17.9. The number of nitrogens with zero attached hydrogens (tertiary/aromatic N) is 2. The smallest absolute Gasteiger partial charge is 0.351 e. The Balaban J connectivity index is 1.41. The van der Waals surface area contributed by atoms with Crippen LogP contribution in [-0.4, -0.2) is 27.3 Å². The molecule has 2 heterocycles. The van der Waals surface area contributed by atoms with E-state index in [4.69, 9.17) is 0 Å². The number of carbonyl (C=O) groups excluding carboxylic acids is 2. The van der Waals surface area contributed by atoms with Crippen LogP contribution in [0.25, 0.3) is 0 Å². The SMILES string of the molecule is O=C(NC1(C(=O)NCc2ncc(Nc3c(F)cccc3C(F)(F)F)cc2F)CC1)c1cccnc1. The topological polar surface area (TPSA) is 96.0 Å². The largest absolute Gasteiger partial charge is 0.418 e. The third kappa shape index (κ3) is 5.36. The normalized spacial score (nSPS) is 14.2. The summed E-state index contributed by atoms with van der Waals surface area (Å²) in [5.41, 5.74) is -3.35. The van der Waals surface area contributed by atoms with Crippen molar-refractivity contribution in [2.75, 3.05) is 5.32 Å². The van der Waals surface area contributed by atoms with Gasteiger partial charge in [0.05, 0.1) is 40.9 Å². The maximum absolute atomic E-state index is 14.5. The van der Waals surface area contributed by atoms with Gasteiger partial charge in [-0.25, -0.2) is 8.78 Å². The standard InChI is InChI=1S/C23H18F5N5O2/c24-16-5-1-4-15(23(26,27)28)19(16)32-14-9-17(25)18(30-11-14)12-31-21(35)22(6-7-22)33-20(34)13-3-2-8-29-10-13/h1-5,8-11,32H,6-7,12H2,(H,31,35)(H,33,34). The maximum atomic E-state index is 14.5. The second-order valence-corrected chi connectivity index (χ2v) is 7.90. The number of hydrogen-bond acceptors (Lipinski definition) is 5. The van der Waals surface area contributed by atoms with Gasteiger partial charge in [0.2, 0.25) is 5.91 Å². The fraction of sp³-hybridized carbons (Fsp3) is 0.217. The van der Waals surface area contributed by atoms with Crippen molar-refractivity contribution in [2.24, 2.45) is 0 Å². The molecule has 3 N–H and O–H groups in total. The molecule has 3 aromatic rings. The lowest BCUT2D eigenvalue weighted by Crippen LogP contribution is -2.48. The summed E-state index contributed by atoms with van der Waals surface area (Å²) in [5, 5.41) is 7.37. The minimum atomic E-state index is -4.83. The van der Waals surface area contributed by atoms with E-state index in [0.717, 1.165) is 24.4 Å². The zero-order valence-electron chi connectivity index (χ0n) is 17.9. The fourth-order valence-electron chi connectivity index (χ4n) is 3.35. The van der Waals surface area contributed by atoms with Crippen LogP contribution in [-0.2, 0) is 17.5 Å². The highest BCUT2D eigenvalue weighted by Crippen LogP contribution is 2.38. The molecule has 0 atom stereocenters. The summed E-state index contributed by atoms with van der Waals surface area (Å²) in [7, 11) is 0. The Hall–Kier alpha value is -4.09. The fourth-order valence-corrected chi connectivity index (χ4v) is 3.35. The third-order valence-electron chi connectivity index (χ3n) is 5.38. The van der Waals surface area contributed by atoms with Crippen LogP contribution in [0.5, 0.6) is 0 Å². The van der Waals surface area contributed by atoms with Gasteiger partial charge < -0.3 is 16.0 Å². The van der Waals surface area contributed by atoms with Gasteiger partial charge in [-0.05, 0) is 37.1 Å². The first-order valence-corrected chi connectivity index (χ1v) is 10.4. The molecule has 12 heteroatoms. The molecule has 0 bridgehead atoms. The van der Waals surface area contributed by atoms with E-state index in [9.17, 15) is 31.5 Å². The van der Waals surface area contributed by atoms with E-state index in [1.807, 2.05) is 0 Å². The Kier molecular flexibility index (Phi) is 6.37. The van der Waals surface area contributed by atoms with Crippen molar-refractivity contribution >= 4 is 23.2 Å². The van der Waals surface area contributed by atoms with Gasteiger partial charge in [-0.1, -0.05) is 6.07 Å². The highest BCUT2D eigenvalue weighted by molar-refractivity contribution is 6.00. The summed E-state index contributed by atoms with van der Waals surface area (Å²) in [6.45, 7) is -0.330. The Morgan fingerprint density at radius 3 is 2.43 bits per heavy atom. The third-order valence-corrected chi connectivity index (χ3v) is 5.38. The van der Waals surface area contributed by atoms with Gasteiger partial charge in [0.1, 0.15) is 17.2 Å². The van der Waals surface area contributed by atoms with E-state index in [-0.39, 0.29) is 23.5 Å². The molecule has 35 heavy (non-hydrogen) atoms. The summed E-state index contributed by atoms with van der Waals surface area (Å²) in [6.07, 6.45) is -0.150. The molecule has 1 fully saturated rings. The van der Waals surface area contributed by atoms with Crippen LogP contribution >= 0.6 is 0 Å². The summed E-state index contributed by atoms with van der Waals surface area (Å²) >= 11 is 0. The summed E-state index contributed by atoms with van der Waals surface area (Å²) in [4.78, 5) is 32.6. The Morgan fingerprint density at radius 2 is 1.80 bits per heavy atom. The Labute approximate surface area is 195 Å². The molecule has 182 valence electrons. The number of pyridine rings is 2. The average Bonchev–Trinajstić information content (AvgIpc) is 3.60. The van der Waals surface area contributed by atoms with Crippen molar-refractivity contribution in [1.29, 1.82) is 0 Å². The molecule has 1 aliphatic rings. The van der Waals surface area contributed by atoms with E-state index in [2.05, 4.69) is 25.9 Å². The number of benzene rings is 1. The molecule has 1 saturated carbocycles. The van der Waals surface area contributed by atoms with E-state index in [1.54, 1.807) is 12.1 Å². The van der Waals surface area contributed by atoms with Crippen molar-refractivity contribution in [1.82, 2.24) is 20.6 Å². The number of aromatic nitrogens is 2. The first-order chi connectivity index (χ1) is 16.6. The number of rotatable bonds is 7. The van der Waals surface area contributed by atoms with Crippen LogP contribution in [0.15, 0.2) is 55.0 Å². The minimum absolute atomic E-state index is 0.192. The predicted octanol–water partition coefficient (Wildman–Crippen LogP) is 4.10. The van der Waals surface area contributed by atoms with Gasteiger partial charge in [0.15, 0.2) is 0 Å². The van der Waals surface area contributed by atoms with E-state index < -0.39 is 46.4 Å². The van der Waals surface area contributed by atoms with Crippen LogP contribution < -0.4 is 16.0 Å². The molecule has 0 radical (unpaired) electrons. The molecule has 0 saturated heterocycles. The minimum Gasteiger partial charge on any atom is -0.351 e. The van der Waals surface area contributed by atoms with Crippen molar-refractivity contribution in [3.63, 3.8) is 0 Å². The number of hydrogen-bond donors (Lipinski definition) is 3. The van der Waals surface area contributed by atoms with Crippen molar-refractivity contribution in [2.45, 2.75) is 31.1 Å². The average molecular weight is 491 g/mol. The molecule has 2 aromatic heterocycles. The van der Waals surface area contributed by atoms with E-state index in [0.29, 0.717) is 18.9 Å². The molecule has 0 spiro atoms. The van der Waals surface area contributed by atoms with Gasteiger partial charge in [0.25, 0.3) is 5.91 Å². The lowest BCUT2D eigenvalue weighted by atomic mass is 10.1. The van der Waals surface area contributed by atoms with Gasteiger partial charge in [-0.2, -0.15) is 13.2 Å². The highest BCUT2D eigenvalue weighted by Gasteiger charge is 2.51. The van der Waals surface area contributed by atoms with Crippen LogP contribution in [0.3, 0.4) is 0 Å². The van der Waals surface area contributed by atoms with Crippen LogP contribution in [0.4, 0.5) is 33.3 Å². The molecule has 1 aliphatic carbocycles. The summed E-state index contributed by atoms with van der Waals surface area (Å²) in [5.74, 6) is -3.10. The van der Waals surface area contributed by atoms with Gasteiger partial charge >= 0.3 is 6.18 Å². The number of amides is 2. The number of para-hydroxylation sites is 1. The molecule has 0 aliphatic heterocycles. The van der Waals surface area contributed by atoms with E-state index in [1.165, 1.54) is 12.4 Å². The highest BCUT2D eigenvalue weighted by atomic mass is 19.4. The lowest BCUT2D eigenvalue weighted by molar-refractivity contribution is -0.137. The second-order valence-electron chi connectivity index (χ2n) is 7.90. The quantitative estimate of drug-likeness (QED) is 0.433. The van der Waals surface area contributed by atoms with Gasteiger partial charge in [-0.15, -0.1) is 0 Å². The van der Waals surface area contributed by atoms with Crippen LogP contribution in [0.2, 0.25) is 0 Å². The molecule has 1 aromatic carbocycles. The number of carbonyl (C=O) groups is 2. The Morgan fingerprint density at radius 1 is 1.03 bits per heavy atom. The maximum Gasteiger partial charge on any atom is 0.418 e. The van der Waals surface area contributed by atoms with Crippen molar-refractivity contribution < 1.29 is 31.5 Å².